The van der Waals surface area contributed by atoms with E-state index in [9.17, 15) is 0 Å². The average Bonchev–Trinajstić information content (AvgIpc) is 3.67. The largest absolute Gasteiger partial charge is 0.334 e. The van der Waals surface area contributed by atoms with Crippen LogP contribution in [0.3, 0.4) is 0 Å². The molecule has 1 atom stereocenters. The average molecular weight is 935 g/mol. The van der Waals surface area contributed by atoms with Gasteiger partial charge in [0.15, 0.2) is 0 Å². The highest BCUT2D eigenvalue weighted by Gasteiger charge is 2.36. The summed E-state index contributed by atoms with van der Waals surface area (Å²) in [5, 5.41) is 7.68. The Hall–Kier alpha value is -8.46. The van der Waals surface area contributed by atoms with Crippen LogP contribution in [-0.4, -0.2) is 6.04 Å². The van der Waals surface area contributed by atoms with Crippen LogP contribution in [0, 0.1) is 0 Å². The van der Waals surface area contributed by atoms with Gasteiger partial charge in [-0.05, 0) is 178 Å². The lowest BCUT2D eigenvalue weighted by Gasteiger charge is -2.39. The van der Waals surface area contributed by atoms with E-state index in [1.807, 2.05) is 0 Å². The first-order valence-corrected chi connectivity index (χ1v) is 26.3. The zero-order valence-corrected chi connectivity index (χ0v) is 41.4. The van der Waals surface area contributed by atoms with E-state index in [1.165, 1.54) is 138 Å². The maximum Gasteiger partial charge on any atom is 0.0566 e. The van der Waals surface area contributed by atoms with Gasteiger partial charge in [0.05, 0.1) is 6.04 Å². The minimum Gasteiger partial charge on any atom is -0.334 e. The molecular formula is C71H54N2. The van der Waals surface area contributed by atoms with Gasteiger partial charge in [-0.2, -0.15) is 0 Å². The van der Waals surface area contributed by atoms with Gasteiger partial charge in [0.25, 0.3) is 0 Å². The number of benzene rings is 10. The molecular weight excluding hydrogens is 881 g/mol. The maximum atomic E-state index is 2.64. The molecule has 2 heterocycles. The monoisotopic (exact) mass is 934 g/mol. The van der Waals surface area contributed by atoms with Crippen molar-refractivity contribution in [3.8, 4) is 44.5 Å². The van der Waals surface area contributed by atoms with Gasteiger partial charge in [0.1, 0.15) is 0 Å². The van der Waals surface area contributed by atoms with E-state index in [2.05, 4.69) is 248 Å². The van der Waals surface area contributed by atoms with Crippen molar-refractivity contribution >= 4 is 56.4 Å². The summed E-state index contributed by atoms with van der Waals surface area (Å²) < 4.78 is 0. The van der Waals surface area contributed by atoms with Crippen LogP contribution >= 0.6 is 0 Å². The van der Waals surface area contributed by atoms with Crippen molar-refractivity contribution in [2.24, 2.45) is 0 Å². The van der Waals surface area contributed by atoms with E-state index < -0.39 is 0 Å². The summed E-state index contributed by atoms with van der Waals surface area (Å²) in [6.45, 7) is 4.82. The highest BCUT2D eigenvalue weighted by Crippen LogP contribution is 2.51. The molecule has 0 saturated carbocycles. The number of rotatable bonds is 5. The Balaban J connectivity index is 1.03. The summed E-state index contributed by atoms with van der Waals surface area (Å²) in [5.74, 6) is 0. The Labute approximate surface area is 427 Å². The maximum absolute atomic E-state index is 2.64. The van der Waals surface area contributed by atoms with Crippen LogP contribution in [0.5, 0.6) is 0 Å². The van der Waals surface area contributed by atoms with Gasteiger partial charge in [-0.15, -0.1) is 0 Å². The van der Waals surface area contributed by atoms with Gasteiger partial charge in [0, 0.05) is 46.7 Å². The summed E-state index contributed by atoms with van der Waals surface area (Å²) in [4.78, 5) is 5.24. The topological polar surface area (TPSA) is 6.48 Å². The summed E-state index contributed by atoms with van der Waals surface area (Å²) in [6.07, 6.45) is 14.8. The lowest BCUT2D eigenvalue weighted by molar-refractivity contribution is 0.660. The predicted octanol–water partition coefficient (Wildman–Crippen LogP) is 16.7. The number of allylic oxidation sites excluding steroid dienone is 4. The second-order valence-electron chi connectivity index (χ2n) is 21.4. The molecule has 0 spiro atoms. The molecule has 3 aliphatic carbocycles. The van der Waals surface area contributed by atoms with Crippen LogP contribution < -0.4 is 20.2 Å². The van der Waals surface area contributed by atoms with Gasteiger partial charge in [-0.1, -0.05) is 190 Å². The number of hydrogen-bond donors (Lipinski definition) is 0. The van der Waals surface area contributed by atoms with Crippen molar-refractivity contribution < 1.29 is 0 Å². The summed E-state index contributed by atoms with van der Waals surface area (Å²) in [5.41, 5.74) is 25.0. The first-order chi connectivity index (χ1) is 35.9. The summed E-state index contributed by atoms with van der Waals surface area (Å²) in [7, 11) is 0. The normalized spacial score (nSPS) is 16.7. The second kappa shape index (κ2) is 16.3. The molecule has 2 aliphatic heterocycles. The van der Waals surface area contributed by atoms with Crippen molar-refractivity contribution in [1.82, 2.24) is 0 Å². The molecule has 1 unspecified atom stereocenters. The van der Waals surface area contributed by atoms with Gasteiger partial charge in [-0.25, -0.2) is 0 Å². The Morgan fingerprint density at radius 2 is 1.14 bits per heavy atom. The fourth-order valence-electron chi connectivity index (χ4n) is 13.6. The molecule has 0 bridgehead atoms. The third-order valence-electron chi connectivity index (χ3n) is 17.0. The first kappa shape index (κ1) is 42.2. The number of anilines is 4. The SMILES string of the molecule is CC1(C)c2ccccc2-c2ccc(-c3c4c(c(-c5cccc(-c6ccc7ccccc7c6)c5)c5ccc(N6C7=C(C=CCC7)Cc7ccccc76)cc35)=CC(N3c5ccccc5Cc5ccccc53)CC=4)cc21. The number of fused-ring (bicyclic) bond motifs is 9. The number of hydrogen-bond acceptors (Lipinski definition) is 2. The van der Waals surface area contributed by atoms with Gasteiger partial charge in [0.2, 0.25) is 0 Å². The molecule has 2 heteroatoms. The Morgan fingerprint density at radius 1 is 0.479 bits per heavy atom. The Morgan fingerprint density at radius 3 is 1.97 bits per heavy atom. The molecule has 73 heavy (non-hydrogen) atoms. The van der Waals surface area contributed by atoms with E-state index in [-0.39, 0.29) is 11.5 Å². The molecule has 15 rings (SSSR count). The predicted molar refractivity (Wildman–Crippen MR) is 307 cm³/mol. The standard InChI is InChI=1S/C71H54N2/c1-71(2)63-25-10-9-24-57(63)58-35-32-54(42-64(58)71)70-60-37-34-55(72-65-26-11-5-18-49(65)40-50-19-6-12-27-66(50)72)43-61(60)69(53-23-15-22-47(39-53)48-31-30-45-16-3-4-17-46(45)38-48)59-36-33-56(44-62(59)70)73-67-28-13-7-20-51(67)41-52-21-8-14-29-68(52)73/h3-13,15-28,30-33,35-39,42-44,55H,14,29,34,40-41H2,1-2H3. The molecule has 5 aliphatic rings. The number of para-hydroxylation sites is 3. The first-order valence-electron chi connectivity index (χ1n) is 26.3. The van der Waals surface area contributed by atoms with Crippen LogP contribution in [0.2, 0.25) is 0 Å². The Bertz CT molecular complexity index is 4140. The molecule has 0 radical (unpaired) electrons. The van der Waals surface area contributed by atoms with Crippen molar-refractivity contribution in [2.45, 2.75) is 57.4 Å². The zero-order chi connectivity index (χ0) is 48.4. The van der Waals surface area contributed by atoms with Crippen LogP contribution in [0.1, 0.15) is 60.9 Å². The minimum atomic E-state index is -0.142. The van der Waals surface area contributed by atoms with Crippen molar-refractivity contribution in [3.05, 3.63) is 262 Å². The fourth-order valence-corrected chi connectivity index (χ4v) is 13.6. The van der Waals surface area contributed by atoms with Gasteiger partial charge < -0.3 is 9.80 Å². The summed E-state index contributed by atoms with van der Waals surface area (Å²) >= 11 is 0. The van der Waals surface area contributed by atoms with Crippen LogP contribution in [0.4, 0.5) is 22.7 Å². The van der Waals surface area contributed by atoms with E-state index >= 15 is 0 Å². The molecule has 10 aromatic carbocycles. The molecule has 348 valence electrons. The molecule has 0 N–H and O–H groups in total. The third-order valence-corrected chi connectivity index (χ3v) is 17.0. The van der Waals surface area contributed by atoms with Crippen molar-refractivity contribution in [3.63, 3.8) is 0 Å². The lowest BCUT2D eigenvalue weighted by atomic mass is 9.80. The quantitative estimate of drug-likeness (QED) is 0.170. The molecule has 0 aromatic heterocycles. The molecule has 0 amide bonds. The smallest absolute Gasteiger partial charge is 0.0566 e. The zero-order valence-electron chi connectivity index (χ0n) is 41.4. The minimum absolute atomic E-state index is 0.0881. The van der Waals surface area contributed by atoms with Crippen LogP contribution in [0.15, 0.2) is 224 Å². The highest BCUT2D eigenvalue weighted by molar-refractivity contribution is 6.08. The second-order valence-corrected chi connectivity index (χ2v) is 21.4. The number of nitrogens with zero attached hydrogens (tertiary/aromatic N) is 2. The van der Waals surface area contributed by atoms with Crippen molar-refractivity contribution in [1.29, 1.82) is 0 Å². The lowest BCUT2D eigenvalue weighted by Crippen LogP contribution is -2.41. The van der Waals surface area contributed by atoms with E-state index in [1.54, 1.807) is 0 Å². The molecule has 10 aromatic rings. The van der Waals surface area contributed by atoms with E-state index in [0.29, 0.717) is 0 Å². The third kappa shape index (κ3) is 6.56. The van der Waals surface area contributed by atoms with E-state index in [0.717, 1.165) is 32.1 Å². The Kier molecular flexibility index (Phi) is 9.42. The summed E-state index contributed by atoms with van der Waals surface area (Å²) in [6, 6.07) is 76.2. The van der Waals surface area contributed by atoms with Crippen molar-refractivity contribution in [2.75, 3.05) is 9.80 Å². The fraction of sp³-hybridized carbons (Fsp3) is 0.127. The molecule has 0 saturated heterocycles. The van der Waals surface area contributed by atoms with Gasteiger partial charge >= 0.3 is 0 Å². The molecule has 2 nitrogen and oxygen atoms in total. The van der Waals surface area contributed by atoms with E-state index in [4.69, 9.17) is 0 Å². The highest BCUT2D eigenvalue weighted by atomic mass is 15.2. The van der Waals surface area contributed by atoms with Gasteiger partial charge in [-0.3, -0.25) is 0 Å². The van der Waals surface area contributed by atoms with Crippen LogP contribution in [0.25, 0.3) is 78.2 Å². The van der Waals surface area contributed by atoms with Crippen LogP contribution in [-0.2, 0) is 18.3 Å². The molecule has 0 fully saturated rings.